The molecule has 0 rings (SSSR count). The summed E-state index contributed by atoms with van der Waals surface area (Å²) in [5.41, 5.74) is 0.212. The average Bonchev–Trinajstić information content (AvgIpc) is 1.85. The summed E-state index contributed by atoms with van der Waals surface area (Å²) in [6.45, 7) is 7.44. The third-order valence-electron chi connectivity index (χ3n) is 1.18. The standard InChI is InChI=1S/C10H17N/c1-5-6-7-8-9-11-10(2,3)4/h1,6-7,11H,8-9H2,2-4H3/b7-6+. The van der Waals surface area contributed by atoms with Crippen molar-refractivity contribution in [3.63, 3.8) is 0 Å². The Balaban J connectivity index is 3.30. The lowest BCUT2D eigenvalue weighted by molar-refractivity contribution is 0.431. The summed E-state index contributed by atoms with van der Waals surface area (Å²) in [5.74, 6) is 2.46. The summed E-state index contributed by atoms with van der Waals surface area (Å²) in [6, 6.07) is 0. The first kappa shape index (κ1) is 10.3. The molecule has 1 nitrogen and oxygen atoms in total. The van der Waals surface area contributed by atoms with E-state index >= 15 is 0 Å². The molecule has 0 bridgehead atoms. The summed E-state index contributed by atoms with van der Waals surface area (Å²) in [4.78, 5) is 0. The highest BCUT2D eigenvalue weighted by Gasteiger charge is 2.05. The maximum Gasteiger partial charge on any atom is 0.00966 e. The molecule has 0 saturated carbocycles. The van der Waals surface area contributed by atoms with Crippen LogP contribution >= 0.6 is 0 Å². The Morgan fingerprint density at radius 1 is 1.45 bits per heavy atom. The van der Waals surface area contributed by atoms with Crippen molar-refractivity contribution in [3.05, 3.63) is 12.2 Å². The molecule has 0 aliphatic rings. The van der Waals surface area contributed by atoms with Gasteiger partial charge in [-0.25, -0.2) is 0 Å². The van der Waals surface area contributed by atoms with Gasteiger partial charge >= 0.3 is 0 Å². The molecule has 0 heterocycles. The lowest BCUT2D eigenvalue weighted by Gasteiger charge is -2.19. The molecule has 0 radical (unpaired) electrons. The number of hydrogen-bond donors (Lipinski definition) is 1. The summed E-state index contributed by atoms with van der Waals surface area (Å²) in [5, 5.41) is 3.36. The van der Waals surface area contributed by atoms with Gasteiger partial charge in [-0.1, -0.05) is 12.0 Å². The predicted octanol–water partition coefficient (Wildman–Crippen LogP) is 1.95. The Morgan fingerprint density at radius 2 is 2.09 bits per heavy atom. The molecule has 0 aromatic rings. The van der Waals surface area contributed by atoms with Crippen LogP contribution in [0.3, 0.4) is 0 Å². The monoisotopic (exact) mass is 151 g/mol. The van der Waals surface area contributed by atoms with Crippen LogP contribution in [0.1, 0.15) is 27.2 Å². The van der Waals surface area contributed by atoms with Gasteiger partial charge in [0.2, 0.25) is 0 Å². The molecule has 0 atom stereocenters. The van der Waals surface area contributed by atoms with Gasteiger partial charge in [-0.2, -0.15) is 0 Å². The molecule has 1 N–H and O–H groups in total. The zero-order chi connectivity index (χ0) is 8.74. The van der Waals surface area contributed by atoms with Crippen LogP contribution in [0.5, 0.6) is 0 Å². The van der Waals surface area contributed by atoms with Gasteiger partial charge in [-0.15, -0.1) is 6.42 Å². The molecule has 0 aromatic carbocycles. The summed E-state index contributed by atoms with van der Waals surface area (Å²) in [6.07, 6.45) is 9.78. The van der Waals surface area contributed by atoms with Gasteiger partial charge < -0.3 is 5.32 Å². The molecule has 11 heavy (non-hydrogen) atoms. The Kier molecular flexibility index (Phi) is 4.65. The largest absolute Gasteiger partial charge is 0.312 e. The fourth-order valence-corrected chi connectivity index (χ4v) is 0.682. The first-order chi connectivity index (χ1) is 5.06. The first-order valence-electron chi connectivity index (χ1n) is 3.92. The van der Waals surface area contributed by atoms with Crippen LogP contribution in [0.15, 0.2) is 12.2 Å². The van der Waals surface area contributed by atoms with E-state index in [2.05, 4.69) is 32.0 Å². The van der Waals surface area contributed by atoms with Gasteiger partial charge in [-0.3, -0.25) is 0 Å². The molecule has 0 saturated heterocycles. The van der Waals surface area contributed by atoms with Crippen molar-refractivity contribution >= 4 is 0 Å². The molecule has 0 fully saturated rings. The Hall–Kier alpha value is -0.740. The van der Waals surface area contributed by atoms with E-state index in [-0.39, 0.29) is 5.54 Å². The van der Waals surface area contributed by atoms with Crippen LogP contribution < -0.4 is 5.32 Å². The predicted molar refractivity (Wildman–Crippen MR) is 50.3 cm³/mol. The zero-order valence-corrected chi connectivity index (χ0v) is 7.65. The summed E-state index contributed by atoms with van der Waals surface area (Å²) >= 11 is 0. The molecule has 1 heteroatoms. The number of rotatable bonds is 3. The van der Waals surface area contributed by atoms with Gasteiger partial charge in [0.05, 0.1) is 0 Å². The van der Waals surface area contributed by atoms with Crippen molar-refractivity contribution in [2.45, 2.75) is 32.7 Å². The molecule has 0 aliphatic carbocycles. The average molecular weight is 151 g/mol. The second-order valence-corrected chi connectivity index (χ2v) is 3.53. The van der Waals surface area contributed by atoms with Crippen LogP contribution in [-0.2, 0) is 0 Å². The number of allylic oxidation sites excluding steroid dienone is 1. The van der Waals surface area contributed by atoms with E-state index in [0.717, 1.165) is 13.0 Å². The van der Waals surface area contributed by atoms with Gasteiger partial charge in [-0.05, 0) is 39.8 Å². The molecule has 62 valence electrons. The molecule has 0 aliphatic heterocycles. The van der Waals surface area contributed by atoms with E-state index in [1.807, 2.05) is 6.08 Å². The van der Waals surface area contributed by atoms with E-state index in [1.165, 1.54) is 0 Å². The fourth-order valence-electron chi connectivity index (χ4n) is 0.682. The number of nitrogens with one attached hydrogen (secondary N) is 1. The molecule has 0 spiro atoms. The maximum atomic E-state index is 5.04. The molecule has 0 aromatic heterocycles. The van der Waals surface area contributed by atoms with Gasteiger partial charge in [0, 0.05) is 5.54 Å². The fraction of sp³-hybridized carbons (Fsp3) is 0.600. The topological polar surface area (TPSA) is 12.0 Å². The molecule has 0 amide bonds. The minimum absolute atomic E-state index is 0.212. The number of hydrogen-bond acceptors (Lipinski definition) is 1. The van der Waals surface area contributed by atoms with Crippen molar-refractivity contribution in [3.8, 4) is 12.3 Å². The maximum absolute atomic E-state index is 5.04. The van der Waals surface area contributed by atoms with Crippen molar-refractivity contribution < 1.29 is 0 Å². The summed E-state index contributed by atoms with van der Waals surface area (Å²) in [7, 11) is 0. The van der Waals surface area contributed by atoms with Crippen LogP contribution in [-0.4, -0.2) is 12.1 Å². The number of terminal acetylenes is 1. The minimum Gasteiger partial charge on any atom is -0.312 e. The smallest absolute Gasteiger partial charge is 0.00966 e. The van der Waals surface area contributed by atoms with Gasteiger partial charge in [0.15, 0.2) is 0 Å². The second-order valence-electron chi connectivity index (χ2n) is 3.53. The van der Waals surface area contributed by atoms with Crippen molar-refractivity contribution in [1.82, 2.24) is 5.32 Å². The van der Waals surface area contributed by atoms with Crippen LogP contribution in [0.2, 0.25) is 0 Å². The summed E-state index contributed by atoms with van der Waals surface area (Å²) < 4.78 is 0. The SMILES string of the molecule is C#C/C=C/CCNC(C)(C)C. The van der Waals surface area contributed by atoms with Crippen molar-refractivity contribution in [2.24, 2.45) is 0 Å². The van der Waals surface area contributed by atoms with E-state index in [1.54, 1.807) is 6.08 Å². The third kappa shape index (κ3) is 9.26. The molecular weight excluding hydrogens is 134 g/mol. The Labute approximate surface area is 69.9 Å². The van der Waals surface area contributed by atoms with E-state index in [4.69, 9.17) is 6.42 Å². The van der Waals surface area contributed by atoms with Crippen LogP contribution in [0, 0.1) is 12.3 Å². The molecular formula is C10H17N. The second kappa shape index (κ2) is 4.98. The zero-order valence-electron chi connectivity index (χ0n) is 7.65. The third-order valence-corrected chi connectivity index (χ3v) is 1.18. The van der Waals surface area contributed by atoms with Crippen molar-refractivity contribution in [2.75, 3.05) is 6.54 Å². The van der Waals surface area contributed by atoms with Gasteiger partial charge in [0.1, 0.15) is 0 Å². The van der Waals surface area contributed by atoms with E-state index in [0.29, 0.717) is 0 Å². The van der Waals surface area contributed by atoms with E-state index < -0.39 is 0 Å². The quantitative estimate of drug-likeness (QED) is 0.480. The Morgan fingerprint density at radius 3 is 2.55 bits per heavy atom. The lowest BCUT2D eigenvalue weighted by atomic mass is 10.1. The first-order valence-corrected chi connectivity index (χ1v) is 3.92. The highest BCUT2D eigenvalue weighted by Crippen LogP contribution is 1.97. The molecule has 0 unspecified atom stereocenters. The van der Waals surface area contributed by atoms with Gasteiger partial charge in [0.25, 0.3) is 0 Å². The highest BCUT2D eigenvalue weighted by atomic mass is 14.9. The Bertz CT molecular complexity index is 155. The lowest BCUT2D eigenvalue weighted by Crippen LogP contribution is -2.36. The minimum atomic E-state index is 0.212. The van der Waals surface area contributed by atoms with Crippen molar-refractivity contribution in [1.29, 1.82) is 0 Å². The van der Waals surface area contributed by atoms with E-state index in [9.17, 15) is 0 Å². The highest BCUT2D eigenvalue weighted by molar-refractivity contribution is 5.08. The normalized spacial score (nSPS) is 11.8. The van der Waals surface area contributed by atoms with Crippen LogP contribution in [0.25, 0.3) is 0 Å². The van der Waals surface area contributed by atoms with Crippen LogP contribution in [0.4, 0.5) is 0 Å².